The lowest BCUT2D eigenvalue weighted by Crippen LogP contribution is -2.50. The number of hydrogen-bond acceptors (Lipinski definition) is 8. The number of nitrogens with zero attached hydrogens (tertiary/aromatic N) is 6. The van der Waals surface area contributed by atoms with E-state index in [9.17, 15) is 0 Å². The monoisotopic (exact) mass is 507 g/mol. The third-order valence-corrected chi connectivity index (χ3v) is 8.76. The summed E-state index contributed by atoms with van der Waals surface area (Å²) in [6, 6.07) is 5.87. The van der Waals surface area contributed by atoms with Gasteiger partial charge in [-0.25, -0.2) is 19.3 Å². The van der Waals surface area contributed by atoms with Gasteiger partial charge in [0, 0.05) is 49.3 Å². The van der Waals surface area contributed by atoms with Crippen molar-refractivity contribution in [2.45, 2.75) is 31.8 Å². The van der Waals surface area contributed by atoms with Crippen molar-refractivity contribution >= 4 is 38.4 Å². The molecule has 0 radical (unpaired) electrons. The Morgan fingerprint density at radius 3 is 2.61 bits per heavy atom. The molecule has 10 heteroatoms. The second-order valence-electron chi connectivity index (χ2n) is 9.99. The van der Waals surface area contributed by atoms with E-state index >= 15 is 4.39 Å². The number of nitrogens with one attached hydrogen (secondary N) is 1. The second-order valence-corrected chi connectivity index (χ2v) is 11.1. The zero-order chi connectivity index (χ0) is 24.1. The third-order valence-electron chi connectivity index (χ3n) is 7.83. The zero-order valence-electron chi connectivity index (χ0n) is 20.2. The van der Waals surface area contributed by atoms with Gasteiger partial charge < -0.3 is 19.5 Å². The van der Waals surface area contributed by atoms with Crippen molar-refractivity contribution in [3.8, 4) is 11.4 Å². The van der Waals surface area contributed by atoms with Crippen LogP contribution in [0.15, 0.2) is 24.4 Å². The predicted octanol–water partition coefficient (Wildman–Crippen LogP) is 3.88. The Morgan fingerprint density at radius 2 is 1.83 bits per heavy atom. The summed E-state index contributed by atoms with van der Waals surface area (Å²) in [5.41, 5.74) is 2.13. The summed E-state index contributed by atoms with van der Waals surface area (Å²) < 4.78 is 20.7. The maximum absolute atomic E-state index is 15.1. The summed E-state index contributed by atoms with van der Waals surface area (Å²) in [5.74, 6) is 0.880. The molecule has 0 unspecified atom stereocenters. The minimum Gasteiger partial charge on any atom is -0.378 e. The van der Waals surface area contributed by atoms with Crippen LogP contribution in [-0.2, 0) is 11.3 Å². The van der Waals surface area contributed by atoms with Crippen LogP contribution in [0.3, 0.4) is 0 Å². The molecule has 0 saturated carbocycles. The topological polar surface area (TPSA) is 73.4 Å². The van der Waals surface area contributed by atoms with Gasteiger partial charge in [-0.15, -0.1) is 0 Å². The molecule has 0 aliphatic carbocycles. The van der Waals surface area contributed by atoms with Crippen molar-refractivity contribution in [1.82, 2.24) is 29.7 Å². The van der Waals surface area contributed by atoms with Crippen LogP contribution < -0.4 is 4.90 Å². The van der Waals surface area contributed by atoms with Crippen LogP contribution in [0.5, 0.6) is 0 Å². The normalized spacial score (nSPS) is 20.4. The minimum absolute atomic E-state index is 0.316. The Morgan fingerprint density at radius 1 is 1.00 bits per heavy atom. The SMILES string of the molecule is Fc1ccc2[nH]ccc2c1-c1nc(N2CCOCC2)c2nc(CN3CCC(N4CCC4)CC3)sc2n1. The molecule has 7 rings (SSSR count). The molecule has 6 heterocycles. The molecular weight excluding hydrogens is 477 g/mol. The van der Waals surface area contributed by atoms with Gasteiger partial charge in [-0.3, -0.25) is 4.90 Å². The van der Waals surface area contributed by atoms with Crippen molar-refractivity contribution in [3.63, 3.8) is 0 Å². The Kier molecular flexibility index (Phi) is 5.84. The fraction of sp³-hybridized carbons (Fsp3) is 0.500. The number of fused-ring (bicyclic) bond motifs is 2. The number of thiazole rings is 1. The standard InChI is InChI=1S/C26H30FN7OS/c27-19-2-3-20-18(4-7-28-20)22(19)24-30-25(34-12-14-35-15-13-34)23-26(31-24)36-21(29-23)16-32-10-5-17(6-11-32)33-8-1-9-33/h2-4,7,17,28H,1,5-6,8-16H2. The first-order chi connectivity index (χ1) is 17.7. The Labute approximate surface area is 213 Å². The number of rotatable bonds is 5. The summed E-state index contributed by atoms with van der Waals surface area (Å²) in [6.07, 6.45) is 5.63. The molecule has 4 aromatic rings. The van der Waals surface area contributed by atoms with Crippen molar-refractivity contribution in [2.24, 2.45) is 0 Å². The smallest absolute Gasteiger partial charge is 0.166 e. The zero-order valence-corrected chi connectivity index (χ0v) is 21.1. The number of ether oxygens (including phenoxy) is 1. The summed E-state index contributed by atoms with van der Waals surface area (Å²) in [7, 11) is 0. The van der Waals surface area contributed by atoms with Gasteiger partial charge in [0.15, 0.2) is 11.6 Å². The number of aromatic amines is 1. The van der Waals surface area contributed by atoms with Gasteiger partial charge in [-0.05, 0) is 50.6 Å². The van der Waals surface area contributed by atoms with Crippen LogP contribution >= 0.6 is 11.3 Å². The summed E-state index contributed by atoms with van der Waals surface area (Å²) >= 11 is 1.61. The molecule has 3 aromatic heterocycles. The van der Waals surface area contributed by atoms with E-state index in [0.717, 1.165) is 70.8 Å². The molecule has 1 aromatic carbocycles. The Hall–Kier alpha value is -2.66. The molecule has 36 heavy (non-hydrogen) atoms. The molecule has 8 nitrogen and oxygen atoms in total. The second kappa shape index (κ2) is 9.33. The molecule has 0 spiro atoms. The van der Waals surface area contributed by atoms with E-state index in [1.165, 1.54) is 38.4 Å². The molecule has 3 aliphatic rings. The van der Waals surface area contributed by atoms with E-state index in [-0.39, 0.29) is 5.82 Å². The van der Waals surface area contributed by atoms with Gasteiger partial charge in [-0.2, -0.15) is 0 Å². The number of benzene rings is 1. The lowest BCUT2D eigenvalue weighted by molar-refractivity contribution is 0.0612. The molecule has 3 saturated heterocycles. The van der Waals surface area contributed by atoms with Gasteiger partial charge in [0.2, 0.25) is 0 Å². The summed E-state index contributed by atoms with van der Waals surface area (Å²) in [5, 5.41) is 1.84. The van der Waals surface area contributed by atoms with E-state index in [0.29, 0.717) is 24.6 Å². The molecule has 0 bridgehead atoms. The fourth-order valence-electron chi connectivity index (χ4n) is 5.70. The highest BCUT2D eigenvalue weighted by Crippen LogP contribution is 2.35. The van der Waals surface area contributed by atoms with E-state index < -0.39 is 0 Å². The average molecular weight is 508 g/mol. The first-order valence-corrected chi connectivity index (χ1v) is 13.8. The third kappa shape index (κ3) is 4.06. The quantitative estimate of drug-likeness (QED) is 0.440. The van der Waals surface area contributed by atoms with Gasteiger partial charge in [0.25, 0.3) is 0 Å². The average Bonchev–Trinajstić information content (AvgIpc) is 3.50. The van der Waals surface area contributed by atoms with E-state index in [2.05, 4.69) is 19.7 Å². The number of anilines is 1. The maximum atomic E-state index is 15.1. The maximum Gasteiger partial charge on any atom is 0.166 e. The molecule has 3 aliphatic heterocycles. The van der Waals surface area contributed by atoms with Gasteiger partial charge in [-0.1, -0.05) is 11.3 Å². The summed E-state index contributed by atoms with van der Waals surface area (Å²) in [6.45, 7) is 8.33. The first-order valence-electron chi connectivity index (χ1n) is 13.0. The van der Waals surface area contributed by atoms with E-state index in [1.807, 2.05) is 12.3 Å². The fourth-order valence-corrected chi connectivity index (χ4v) is 6.67. The van der Waals surface area contributed by atoms with Crippen molar-refractivity contribution < 1.29 is 9.13 Å². The molecule has 1 N–H and O–H groups in total. The first kappa shape index (κ1) is 22.5. The molecule has 188 valence electrons. The predicted molar refractivity (Wildman–Crippen MR) is 140 cm³/mol. The minimum atomic E-state index is -0.316. The Bertz CT molecular complexity index is 1390. The van der Waals surface area contributed by atoms with Gasteiger partial charge in [0.1, 0.15) is 21.2 Å². The number of piperidine rings is 1. The van der Waals surface area contributed by atoms with Crippen LogP contribution in [0.1, 0.15) is 24.3 Å². The highest BCUT2D eigenvalue weighted by Gasteiger charge is 2.29. The van der Waals surface area contributed by atoms with Crippen LogP contribution in [0.4, 0.5) is 10.2 Å². The molecule has 3 fully saturated rings. The lowest BCUT2D eigenvalue weighted by atomic mass is 10.00. The molecular formula is C26H30FN7OS. The van der Waals surface area contributed by atoms with Crippen LogP contribution in [0.25, 0.3) is 32.6 Å². The van der Waals surface area contributed by atoms with Crippen LogP contribution in [0, 0.1) is 5.82 Å². The largest absolute Gasteiger partial charge is 0.378 e. The van der Waals surface area contributed by atoms with Crippen molar-refractivity contribution in [1.29, 1.82) is 0 Å². The van der Waals surface area contributed by atoms with Gasteiger partial charge >= 0.3 is 0 Å². The number of H-pyrrole nitrogens is 1. The number of morpholine rings is 1. The summed E-state index contributed by atoms with van der Waals surface area (Å²) in [4.78, 5) is 26.2. The van der Waals surface area contributed by atoms with Crippen molar-refractivity contribution in [2.75, 3.05) is 57.4 Å². The number of aromatic nitrogens is 4. The number of halogens is 1. The highest BCUT2D eigenvalue weighted by molar-refractivity contribution is 7.18. The number of likely N-dealkylation sites (tertiary alicyclic amines) is 2. The molecule has 0 atom stereocenters. The van der Waals surface area contributed by atoms with Gasteiger partial charge in [0.05, 0.1) is 25.3 Å². The number of hydrogen-bond donors (Lipinski definition) is 1. The van der Waals surface area contributed by atoms with E-state index in [4.69, 9.17) is 19.7 Å². The molecule has 0 amide bonds. The highest BCUT2D eigenvalue weighted by atomic mass is 32.1. The Balaban J connectivity index is 1.24. The van der Waals surface area contributed by atoms with E-state index in [1.54, 1.807) is 17.4 Å². The van der Waals surface area contributed by atoms with Crippen LogP contribution in [0.2, 0.25) is 0 Å². The lowest BCUT2D eigenvalue weighted by Gasteiger charge is -2.42. The van der Waals surface area contributed by atoms with Crippen molar-refractivity contribution in [3.05, 3.63) is 35.2 Å². The van der Waals surface area contributed by atoms with Crippen LogP contribution in [-0.4, -0.2) is 88.3 Å².